The second kappa shape index (κ2) is 6.85. The van der Waals surface area contributed by atoms with Gasteiger partial charge in [0.25, 0.3) is 0 Å². The molecule has 0 saturated heterocycles. The van der Waals surface area contributed by atoms with Gasteiger partial charge in [-0.2, -0.15) is 0 Å². The summed E-state index contributed by atoms with van der Waals surface area (Å²) in [5, 5.41) is 3.32. The highest BCUT2D eigenvalue weighted by molar-refractivity contribution is 5.37. The molecule has 0 amide bonds. The molecule has 1 aliphatic carbocycles. The lowest BCUT2D eigenvalue weighted by Crippen LogP contribution is -2.12. The number of rotatable bonds is 6. The van der Waals surface area contributed by atoms with Crippen LogP contribution in [0.15, 0.2) is 6.07 Å². The molecule has 1 N–H and O–H groups in total. The van der Waals surface area contributed by atoms with E-state index in [1.807, 2.05) is 0 Å². The van der Waals surface area contributed by atoms with E-state index in [0.29, 0.717) is 12.5 Å². The van der Waals surface area contributed by atoms with E-state index in [9.17, 15) is 0 Å². The molecule has 0 spiro atoms. The first-order valence-corrected chi connectivity index (χ1v) is 7.36. The van der Waals surface area contributed by atoms with E-state index >= 15 is 0 Å². The summed E-state index contributed by atoms with van der Waals surface area (Å²) in [7, 11) is 1.72. The summed E-state index contributed by atoms with van der Waals surface area (Å²) in [4.78, 5) is 9.40. The Labute approximate surface area is 116 Å². The predicted octanol–water partition coefficient (Wildman–Crippen LogP) is 3.32. The number of nitrogens with one attached hydrogen (secondary N) is 1. The van der Waals surface area contributed by atoms with E-state index in [2.05, 4.69) is 30.2 Å². The fourth-order valence-electron chi connectivity index (χ4n) is 2.73. The monoisotopic (exact) mass is 263 g/mol. The van der Waals surface area contributed by atoms with Crippen LogP contribution in [0.25, 0.3) is 0 Å². The third-order valence-electron chi connectivity index (χ3n) is 3.75. The fraction of sp³-hybridized carbons (Fsp3) is 0.733. The van der Waals surface area contributed by atoms with Crippen LogP contribution in [0.5, 0.6) is 0 Å². The maximum Gasteiger partial charge on any atom is 0.136 e. The van der Waals surface area contributed by atoms with Gasteiger partial charge in [-0.05, 0) is 19.8 Å². The van der Waals surface area contributed by atoms with E-state index in [0.717, 1.165) is 18.2 Å². The molecule has 4 nitrogen and oxygen atoms in total. The smallest absolute Gasteiger partial charge is 0.136 e. The molecule has 4 heteroatoms. The molecule has 1 heterocycles. The average molecular weight is 263 g/mol. The Kier molecular flexibility index (Phi) is 5.14. The minimum absolute atomic E-state index is 0.240. The lowest BCUT2D eigenvalue weighted by atomic mass is 10.0. The zero-order valence-electron chi connectivity index (χ0n) is 12.3. The van der Waals surface area contributed by atoms with Gasteiger partial charge in [0, 0.05) is 37.3 Å². The normalized spacial score (nSPS) is 17.6. The van der Waals surface area contributed by atoms with E-state index in [1.54, 1.807) is 7.11 Å². The third kappa shape index (κ3) is 3.66. The van der Waals surface area contributed by atoms with Gasteiger partial charge in [0.2, 0.25) is 0 Å². The first-order chi connectivity index (χ1) is 9.24. The van der Waals surface area contributed by atoms with Gasteiger partial charge in [0.15, 0.2) is 0 Å². The third-order valence-corrected chi connectivity index (χ3v) is 3.75. The van der Waals surface area contributed by atoms with Gasteiger partial charge in [0.05, 0.1) is 6.61 Å². The first kappa shape index (κ1) is 14.3. The molecular weight excluding hydrogens is 238 g/mol. The zero-order valence-corrected chi connectivity index (χ0v) is 12.3. The van der Waals surface area contributed by atoms with Crippen molar-refractivity contribution in [2.75, 3.05) is 25.6 Å². The van der Waals surface area contributed by atoms with Crippen molar-refractivity contribution in [3.8, 4) is 0 Å². The average Bonchev–Trinajstić information content (AvgIpc) is 2.93. The van der Waals surface area contributed by atoms with Gasteiger partial charge >= 0.3 is 0 Å². The quantitative estimate of drug-likeness (QED) is 0.855. The molecule has 1 aliphatic rings. The van der Waals surface area contributed by atoms with E-state index in [4.69, 9.17) is 9.72 Å². The maximum absolute atomic E-state index is 5.22. The predicted molar refractivity (Wildman–Crippen MR) is 77.7 cm³/mol. The number of ether oxygens (including phenoxy) is 1. The van der Waals surface area contributed by atoms with Crippen LogP contribution in [-0.4, -0.2) is 30.2 Å². The van der Waals surface area contributed by atoms with E-state index in [1.165, 1.54) is 31.4 Å². The summed E-state index contributed by atoms with van der Waals surface area (Å²) in [5.74, 6) is 2.72. The van der Waals surface area contributed by atoms with Crippen LogP contribution in [0.4, 0.5) is 5.82 Å². The van der Waals surface area contributed by atoms with E-state index < -0.39 is 0 Å². The van der Waals surface area contributed by atoms with Crippen molar-refractivity contribution in [3.63, 3.8) is 0 Å². The van der Waals surface area contributed by atoms with Crippen molar-refractivity contribution in [1.29, 1.82) is 0 Å². The Morgan fingerprint density at radius 1 is 1.37 bits per heavy atom. The Hall–Kier alpha value is -1.16. The molecule has 0 radical (unpaired) electrons. The Bertz CT molecular complexity index is 402. The van der Waals surface area contributed by atoms with Gasteiger partial charge in [-0.25, -0.2) is 9.97 Å². The molecule has 2 rings (SSSR count). The summed E-state index contributed by atoms with van der Waals surface area (Å²) in [6, 6.07) is 2.13. The molecule has 0 aliphatic heterocycles. The number of hydrogen-bond donors (Lipinski definition) is 1. The van der Waals surface area contributed by atoms with Crippen molar-refractivity contribution in [2.45, 2.75) is 51.4 Å². The number of aromatic nitrogens is 2. The molecule has 1 unspecified atom stereocenters. The summed E-state index contributed by atoms with van der Waals surface area (Å²) >= 11 is 0. The largest absolute Gasteiger partial charge is 0.384 e. The molecule has 19 heavy (non-hydrogen) atoms. The molecule has 106 valence electrons. The van der Waals surface area contributed by atoms with Crippen LogP contribution in [0.2, 0.25) is 0 Å². The Morgan fingerprint density at radius 3 is 2.74 bits per heavy atom. The minimum atomic E-state index is 0.240. The van der Waals surface area contributed by atoms with Crippen molar-refractivity contribution < 1.29 is 4.74 Å². The minimum Gasteiger partial charge on any atom is -0.384 e. The van der Waals surface area contributed by atoms with Crippen LogP contribution < -0.4 is 5.32 Å². The summed E-state index contributed by atoms with van der Waals surface area (Å²) in [6.07, 6.45) is 5.18. The van der Waals surface area contributed by atoms with Crippen LogP contribution in [0.1, 0.15) is 62.9 Å². The number of hydrogen-bond acceptors (Lipinski definition) is 4. The number of methoxy groups -OCH3 is 1. The van der Waals surface area contributed by atoms with Crippen LogP contribution in [-0.2, 0) is 4.74 Å². The Morgan fingerprint density at radius 2 is 2.11 bits per heavy atom. The van der Waals surface area contributed by atoms with Crippen LogP contribution in [0, 0.1) is 0 Å². The van der Waals surface area contributed by atoms with Crippen LogP contribution in [0.3, 0.4) is 0 Å². The SMILES string of the molecule is CCNc1cc(C2CCCC2)nc(C(C)COC)n1. The molecule has 1 fully saturated rings. The molecule has 1 saturated carbocycles. The zero-order chi connectivity index (χ0) is 13.7. The second-order valence-electron chi connectivity index (χ2n) is 5.40. The van der Waals surface area contributed by atoms with Gasteiger partial charge in [-0.1, -0.05) is 19.8 Å². The maximum atomic E-state index is 5.22. The van der Waals surface area contributed by atoms with Gasteiger partial charge < -0.3 is 10.1 Å². The van der Waals surface area contributed by atoms with Gasteiger partial charge in [0.1, 0.15) is 11.6 Å². The van der Waals surface area contributed by atoms with Crippen molar-refractivity contribution in [1.82, 2.24) is 9.97 Å². The van der Waals surface area contributed by atoms with Crippen molar-refractivity contribution in [2.24, 2.45) is 0 Å². The standard InChI is InChI=1S/C15H25N3O/c1-4-16-14-9-13(12-7-5-6-8-12)17-15(18-14)11(2)10-19-3/h9,11-12H,4-8,10H2,1-3H3,(H,16,17,18). The highest BCUT2D eigenvalue weighted by atomic mass is 16.5. The topological polar surface area (TPSA) is 47.0 Å². The molecule has 1 aromatic rings. The molecule has 1 atom stereocenters. The highest BCUT2D eigenvalue weighted by Crippen LogP contribution is 2.34. The number of anilines is 1. The lowest BCUT2D eigenvalue weighted by Gasteiger charge is -2.16. The lowest BCUT2D eigenvalue weighted by molar-refractivity contribution is 0.181. The summed E-state index contributed by atoms with van der Waals surface area (Å²) < 4.78 is 5.22. The Balaban J connectivity index is 2.25. The van der Waals surface area contributed by atoms with Gasteiger partial charge in [-0.3, -0.25) is 0 Å². The first-order valence-electron chi connectivity index (χ1n) is 7.36. The molecular formula is C15H25N3O. The molecule has 0 bridgehead atoms. The summed E-state index contributed by atoms with van der Waals surface area (Å²) in [6.45, 7) is 5.77. The fourth-order valence-corrected chi connectivity index (χ4v) is 2.73. The highest BCUT2D eigenvalue weighted by Gasteiger charge is 2.21. The summed E-state index contributed by atoms with van der Waals surface area (Å²) in [5.41, 5.74) is 1.21. The number of nitrogens with zero attached hydrogens (tertiary/aromatic N) is 2. The van der Waals surface area contributed by atoms with E-state index in [-0.39, 0.29) is 5.92 Å². The van der Waals surface area contributed by atoms with Crippen LogP contribution >= 0.6 is 0 Å². The van der Waals surface area contributed by atoms with Gasteiger partial charge in [-0.15, -0.1) is 0 Å². The molecule has 0 aromatic carbocycles. The van der Waals surface area contributed by atoms with Crippen molar-refractivity contribution >= 4 is 5.82 Å². The second-order valence-corrected chi connectivity index (χ2v) is 5.40. The van der Waals surface area contributed by atoms with Crippen molar-refractivity contribution in [3.05, 3.63) is 17.6 Å². The molecule has 1 aromatic heterocycles.